The second kappa shape index (κ2) is 7.87. The Bertz CT molecular complexity index is 788. The third-order valence-corrected chi connectivity index (χ3v) is 5.05. The van der Waals surface area contributed by atoms with Crippen LogP contribution in [-0.4, -0.2) is 45.0 Å². The lowest BCUT2D eigenvalue weighted by Gasteiger charge is -2.32. The van der Waals surface area contributed by atoms with Crippen molar-refractivity contribution in [1.82, 2.24) is 14.9 Å². The van der Waals surface area contributed by atoms with E-state index < -0.39 is 4.92 Å². The van der Waals surface area contributed by atoms with Crippen molar-refractivity contribution < 1.29 is 4.92 Å². The van der Waals surface area contributed by atoms with Gasteiger partial charge in [0.15, 0.2) is 0 Å². The first-order valence-electron chi connectivity index (χ1n) is 9.48. The molecule has 8 nitrogen and oxygen atoms in total. The van der Waals surface area contributed by atoms with Crippen molar-refractivity contribution in [2.24, 2.45) is 0 Å². The average Bonchev–Trinajstić information content (AvgIpc) is 3.48. The number of nitrogens with one attached hydrogen (secondary N) is 2. The van der Waals surface area contributed by atoms with Crippen LogP contribution in [0.25, 0.3) is 0 Å². The molecular formula is C19H24N6O2. The largest absolute Gasteiger partial charge is 0.361 e. The molecule has 0 bridgehead atoms. The highest BCUT2D eigenvalue weighted by atomic mass is 16.6. The van der Waals surface area contributed by atoms with E-state index in [1.54, 1.807) is 0 Å². The highest BCUT2D eigenvalue weighted by Crippen LogP contribution is 2.29. The summed E-state index contributed by atoms with van der Waals surface area (Å²) >= 11 is 0. The molecule has 27 heavy (non-hydrogen) atoms. The van der Waals surface area contributed by atoms with Gasteiger partial charge in [-0.2, -0.15) is 4.98 Å². The first-order valence-corrected chi connectivity index (χ1v) is 9.48. The van der Waals surface area contributed by atoms with Crippen molar-refractivity contribution in [1.29, 1.82) is 0 Å². The van der Waals surface area contributed by atoms with E-state index in [0.717, 1.165) is 45.3 Å². The number of hydrogen-bond acceptors (Lipinski definition) is 7. The first-order chi connectivity index (χ1) is 13.2. The molecule has 0 atom stereocenters. The fourth-order valence-electron chi connectivity index (χ4n) is 3.37. The molecule has 1 aliphatic heterocycles. The zero-order valence-electron chi connectivity index (χ0n) is 15.2. The van der Waals surface area contributed by atoms with Crippen LogP contribution in [0.1, 0.15) is 31.2 Å². The molecule has 1 aliphatic carbocycles. The van der Waals surface area contributed by atoms with Crippen LogP contribution in [0.2, 0.25) is 0 Å². The van der Waals surface area contributed by atoms with Gasteiger partial charge in [-0.3, -0.25) is 15.0 Å². The van der Waals surface area contributed by atoms with Crippen molar-refractivity contribution in [3.63, 3.8) is 0 Å². The standard InChI is InChI=1S/C19H24N6O2/c26-25(27)17-12-20-19(23-18(17)21-15-6-7-15)22-16-8-10-24(11-9-16)13-14-4-2-1-3-5-14/h1-5,12,15-16H,6-11,13H2,(H2,20,21,22,23). The summed E-state index contributed by atoms with van der Waals surface area (Å²) < 4.78 is 0. The third kappa shape index (κ3) is 4.71. The summed E-state index contributed by atoms with van der Waals surface area (Å²) in [5, 5.41) is 17.7. The lowest BCUT2D eigenvalue weighted by atomic mass is 10.0. The summed E-state index contributed by atoms with van der Waals surface area (Å²) in [5.74, 6) is 0.784. The minimum Gasteiger partial charge on any atom is -0.361 e. The second-order valence-electron chi connectivity index (χ2n) is 7.28. The predicted molar refractivity (Wildman–Crippen MR) is 104 cm³/mol. The van der Waals surface area contributed by atoms with Gasteiger partial charge in [-0.25, -0.2) is 4.98 Å². The Morgan fingerprint density at radius 1 is 1.07 bits per heavy atom. The molecule has 1 aromatic carbocycles. The highest BCUT2D eigenvalue weighted by Gasteiger charge is 2.27. The van der Waals surface area contributed by atoms with Gasteiger partial charge < -0.3 is 10.6 Å². The SMILES string of the molecule is O=[N+]([O-])c1cnc(NC2CCN(Cc3ccccc3)CC2)nc1NC1CC1. The van der Waals surface area contributed by atoms with Crippen molar-refractivity contribution in [3.05, 3.63) is 52.2 Å². The smallest absolute Gasteiger partial charge is 0.329 e. The molecule has 4 rings (SSSR count). The number of anilines is 2. The fraction of sp³-hybridized carbons (Fsp3) is 0.474. The van der Waals surface area contributed by atoms with E-state index >= 15 is 0 Å². The summed E-state index contributed by atoms with van der Waals surface area (Å²) in [6.45, 7) is 2.98. The van der Waals surface area contributed by atoms with Gasteiger partial charge >= 0.3 is 5.69 Å². The van der Waals surface area contributed by atoms with Gasteiger partial charge in [-0.1, -0.05) is 30.3 Å². The van der Waals surface area contributed by atoms with Crippen LogP contribution >= 0.6 is 0 Å². The summed E-state index contributed by atoms with van der Waals surface area (Å²) in [5.41, 5.74) is 1.27. The molecule has 2 heterocycles. The van der Waals surface area contributed by atoms with E-state index in [2.05, 4.69) is 49.8 Å². The Morgan fingerprint density at radius 3 is 2.44 bits per heavy atom. The van der Waals surface area contributed by atoms with E-state index in [9.17, 15) is 10.1 Å². The van der Waals surface area contributed by atoms with Crippen molar-refractivity contribution in [2.45, 2.75) is 44.3 Å². The van der Waals surface area contributed by atoms with E-state index in [4.69, 9.17) is 0 Å². The molecule has 1 saturated heterocycles. The summed E-state index contributed by atoms with van der Waals surface area (Å²) in [7, 11) is 0. The Balaban J connectivity index is 1.34. The van der Waals surface area contributed by atoms with Crippen LogP contribution in [0, 0.1) is 10.1 Å². The predicted octanol–water partition coefficient (Wildman–Crippen LogP) is 3.04. The molecule has 2 aromatic rings. The van der Waals surface area contributed by atoms with E-state index in [1.165, 1.54) is 11.8 Å². The van der Waals surface area contributed by atoms with E-state index in [0.29, 0.717) is 17.8 Å². The molecular weight excluding hydrogens is 344 g/mol. The number of rotatable bonds is 7. The zero-order valence-corrected chi connectivity index (χ0v) is 15.2. The maximum absolute atomic E-state index is 11.2. The van der Waals surface area contributed by atoms with Crippen molar-refractivity contribution >= 4 is 17.5 Å². The molecule has 1 saturated carbocycles. The van der Waals surface area contributed by atoms with Gasteiger partial charge in [0.05, 0.1) is 4.92 Å². The highest BCUT2D eigenvalue weighted by molar-refractivity contribution is 5.58. The van der Waals surface area contributed by atoms with Gasteiger partial charge in [0.1, 0.15) is 6.20 Å². The van der Waals surface area contributed by atoms with Crippen LogP contribution in [0.3, 0.4) is 0 Å². The van der Waals surface area contributed by atoms with Gasteiger partial charge in [0.25, 0.3) is 0 Å². The minimum absolute atomic E-state index is 0.0647. The maximum Gasteiger partial charge on any atom is 0.329 e. The van der Waals surface area contributed by atoms with Gasteiger partial charge in [-0.05, 0) is 31.2 Å². The molecule has 2 fully saturated rings. The van der Waals surface area contributed by atoms with Crippen molar-refractivity contribution in [3.8, 4) is 0 Å². The number of likely N-dealkylation sites (tertiary alicyclic amines) is 1. The van der Waals surface area contributed by atoms with Crippen LogP contribution in [-0.2, 0) is 6.54 Å². The van der Waals surface area contributed by atoms with Crippen molar-refractivity contribution in [2.75, 3.05) is 23.7 Å². The molecule has 8 heteroatoms. The van der Waals surface area contributed by atoms with Crippen LogP contribution in [0.5, 0.6) is 0 Å². The number of hydrogen-bond donors (Lipinski definition) is 2. The zero-order chi connectivity index (χ0) is 18.6. The second-order valence-corrected chi connectivity index (χ2v) is 7.28. The maximum atomic E-state index is 11.2. The molecule has 2 N–H and O–H groups in total. The van der Waals surface area contributed by atoms with Crippen LogP contribution in [0.15, 0.2) is 36.5 Å². The van der Waals surface area contributed by atoms with E-state index in [-0.39, 0.29) is 11.7 Å². The summed E-state index contributed by atoms with van der Waals surface area (Å²) in [6, 6.07) is 11.1. The topological polar surface area (TPSA) is 96.2 Å². The van der Waals surface area contributed by atoms with Gasteiger partial charge in [0, 0.05) is 31.7 Å². The molecule has 0 amide bonds. The Kier molecular flexibility index (Phi) is 5.15. The molecule has 0 radical (unpaired) electrons. The number of nitro groups is 1. The molecule has 1 aromatic heterocycles. The summed E-state index contributed by atoms with van der Waals surface area (Å²) in [6.07, 6.45) is 5.36. The quantitative estimate of drug-likeness (QED) is 0.573. The van der Waals surface area contributed by atoms with Gasteiger partial charge in [0.2, 0.25) is 11.8 Å². The van der Waals surface area contributed by atoms with E-state index in [1.807, 2.05) is 6.07 Å². The third-order valence-electron chi connectivity index (χ3n) is 5.05. The Labute approximate surface area is 158 Å². The molecule has 0 unspecified atom stereocenters. The minimum atomic E-state index is -0.434. The lowest BCUT2D eigenvalue weighted by Crippen LogP contribution is -2.39. The lowest BCUT2D eigenvalue weighted by molar-refractivity contribution is -0.384. The normalized spacial score (nSPS) is 18.2. The fourth-order valence-corrected chi connectivity index (χ4v) is 3.37. The Hall–Kier alpha value is -2.74. The average molecular weight is 368 g/mol. The van der Waals surface area contributed by atoms with Crippen LogP contribution < -0.4 is 10.6 Å². The number of nitrogens with zero attached hydrogens (tertiary/aromatic N) is 4. The molecule has 142 valence electrons. The number of benzene rings is 1. The number of aromatic nitrogens is 2. The number of piperidine rings is 1. The molecule has 0 spiro atoms. The molecule has 2 aliphatic rings. The summed E-state index contributed by atoms with van der Waals surface area (Å²) in [4.78, 5) is 21.7. The van der Waals surface area contributed by atoms with Crippen LogP contribution in [0.4, 0.5) is 17.5 Å². The Morgan fingerprint density at radius 2 is 1.78 bits per heavy atom. The first kappa shape index (κ1) is 17.7. The monoisotopic (exact) mass is 368 g/mol. The van der Waals surface area contributed by atoms with Gasteiger partial charge in [-0.15, -0.1) is 0 Å².